The smallest absolute Gasteiger partial charge is 0.242 e. The number of amides is 2. The standard InChI is InChI=1S/C10H16N6O2/c17-9(8-16-6-3-13-14-16)12-7-10(18)15-4-1-11-2-5-15/h3,6,11H,1-2,4-5,7-8H2,(H,12,17). The van der Waals surface area contributed by atoms with Gasteiger partial charge in [-0.2, -0.15) is 0 Å². The van der Waals surface area contributed by atoms with E-state index in [9.17, 15) is 9.59 Å². The average Bonchev–Trinajstić information content (AvgIpc) is 2.90. The summed E-state index contributed by atoms with van der Waals surface area (Å²) in [6, 6.07) is 0. The molecule has 98 valence electrons. The van der Waals surface area contributed by atoms with Gasteiger partial charge in [0.05, 0.1) is 12.7 Å². The highest BCUT2D eigenvalue weighted by Gasteiger charge is 2.16. The van der Waals surface area contributed by atoms with Gasteiger partial charge in [0.25, 0.3) is 0 Å². The molecule has 0 saturated carbocycles. The van der Waals surface area contributed by atoms with Crippen molar-refractivity contribution in [2.24, 2.45) is 0 Å². The first-order valence-corrected chi connectivity index (χ1v) is 5.85. The molecule has 0 spiro atoms. The van der Waals surface area contributed by atoms with Gasteiger partial charge in [-0.25, -0.2) is 4.68 Å². The van der Waals surface area contributed by atoms with Gasteiger partial charge < -0.3 is 15.5 Å². The third-order valence-corrected chi connectivity index (χ3v) is 2.68. The number of hydrogen-bond donors (Lipinski definition) is 2. The second kappa shape index (κ2) is 6.10. The van der Waals surface area contributed by atoms with Crippen molar-refractivity contribution >= 4 is 11.8 Å². The molecule has 1 aliphatic heterocycles. The van der Waals surface area contributed by atoms with E-state index in [1.54, 1.807) is 11.1 Å². The van der Waals surface area contributed by atoms with Crippen molar-refractivity contribution in [3.8, 4) is 0 Å². The Morgan fingerprint density at radius 3 is 2.78 bits per heavy atom. The van der Waals surface area contributed by atoms with Crippen molar-refractivity contribution < 1.29 is 9.59 Å². The second-order valence-corrected chi connectivity index (χ2v) is 4.01. The Balaban J connectivity index is 1.70. The van der Waals surface area contributed by atoms with Gasteiger partial charge in [0, 0.05) is 32.4 Å². The van der Waals surface area contributed by atoms with Crippen LogP contribution in [0.1, 0.15) is 0 Å². The van der Waals surface area contributed by atoms with Crippen LogP contribution in [0.3, 0.4) is 0 Å². The second-order valence-electron chi connectivity index (χ2n) is 4.01. The number of piperazine rings is 1. The summed E-state index contributed by atoms with van der Waals surface area (Å²) in [6.45, 7) is 3.11. The average molecular weight is 252 g/mol. The maximum atomic E-state index is 11.8. The molecular weight excluding hydrogens is 236 g/mol. The Morgan fingerprint density at radius 1 is 1.33 bits per heavy atom. The lowest BCUT2D eigenvalue weighted by atomic mass is 10.3. The Bertz CT molecular complexity index is 399. The number of nitrogens with one attached hydrogen (secondary N) is 2. The summed E-state index contributed by atoms with van der Waals surface area (Å²) in [4.78, 5) is 25.0. The van der Waals surface area contributed by atoms with Gasteiger partial charge in [0.1, 0.15) is 6.54 Å². The first-order chi connectivity index (χ1) is 8.75. The van der Waals surface area contributed by atoms with Gasteiger partial charge in [-0.1, -0.05) is 5.21 Å². The fourth-order valence-electron chi connectivity index (χ4n) is 1.72. The highest BCUT2D eigenvalue weighted by atomic mass is 16.2. The number of hydrogen-bond acceptors (Lipinski definition) is 5. The van der Waals surface area contributed by atoms with E-state index < -0.39 is 0 Å². The maximum absolute atomic E-state index is 11.8. The molecule has 0 bridgehead atoms. The van der Waals surface area contributed by atoms with Crippen molar-refractivity contribution in [3.63, 3.8) is 0 Å². The van der Waals surface area contributed by atoms with Gasteiger partial charge >= 0.3 is 0 Å². The first kappa shape index (κ1) is 12.5. The molecule has 0 radical (unpaired) electrons. The fraction of sp³-hybridized carbons (Fsp3) is 0.600. The summed E-state index contributed by atoms with van der Waals surface area (Å²) in [5, 5.41) is 13.0. The van der Waals surface area contributed by atoms with Crippen LogP contribution >= 0.6 is 0 Å². The maximum Gasteiger partial charge on any atom is 0.242 e. The third kappa shape index (κ3) is 3.52. The van der Waals surface area contributed by atoms with Crippen LogP contribution < -0.4 is 10.6 Å². The van der Waals surface area contributed by atoms with Gasteiger partial charge in [-0.3, -0.25) is 9.59 Å². The molecule has 2 amide bonds. The Morgan fingerprint density at radius 2 is 2.11 bits per heavy atom. The van der Waals surface area contributed by atoms with Gasteiger partial charge in [-0.15, -0.1) is 5.10 Å². The van der Waals surface area contributed by atoms with Gasteiger partial charge in [-0.05, 0) is 0 Å². The van der Waals surface area contributed by atoms with Crippen LogP contribution in [-0.4, -0.2) is 64.4 Å². The van der Waals surface area contributed by atoms with E-state index in [0.717, 1.165) is 13.1 Å². The molecule has 2 rings (SSSR count). The molecule has 8 nitrogen and oxygen atoms in total. The number of nitrogens with zero attached hydrogens (tertiary/aromatic N) is 4. The molecule has 1 aromatic heterocycles. The molecule has 1 aromatic rings. The molecule has 0 aliphatic carbocycles. The van der Waals surface area contributed by atoms with Crippen LogP contribution in [0.5, 0.6) is 0 Å². The molecule has 8 heteroatoms. The molecule has 1 saturated heterocycles. The third-order valence-electron chi connectivity index (χ3n) is 2.68. The molecule has 2 N–H and O–H groups in total. The van der Waals surface area contributed by atoms with E-state index in [1.807, 2.05) is 0 Å². The molecule has 18 heavy (non-hydrogen) atoms. The number of rotatable bonds is 4. The van der Waals surface area contributed by atoms with E-state index in [1.165, 1.54) is 10.9 Å². The Hall–Kier alpha value is -1.96. The molecule has 0 aromatic carbocycles. The van der Waals surface area contributed by atoms with Crippen LogP contribution in [-0.2, 0) is 16.1 Å². The van der Waals surface area contributed by atoms with E-state index >= 15 is 0 Å². The van der Waals surface area contributed by atoms with Gasteiger partial charge in [0.2, 0.25) is 11.8 Å². The summed E-state index contributed by atoms with van der Waals surface area (Å²) in [5.41, 5.74) is 0. The fourth-order valence-corrected chi connectivity index (χ4v) is 1.72. The highest BCUT2D eigenvalue weighted by molar-refractivity contribution is 5.84. The minimum Gasteiger partial charge on any atom is -0.345 e. The van der Waals surface area contributed by atoms with E-state index in [4.69, 9.17) is 0 Å². The zero-order valence-corrected chi connectivity index (χ0v) is 10.0. The summed E-state index contributed by atoms with van der Waals surface area (Å²) < 4.78 is 1.41. The van der Waals surface area contributed by atoms with Crippen molar-refractivity contribution in [2.75, 3.05) is 32.7 Å². The highest BCUT2D eigenvalue weighted by Crippen LogP contribution is 1.92. The molecule has 0 atom stereocenters. The topological polar surface area (TPSA) is 92.1 Å². The van der Waals surface area contributed by atoms with E-state index in [2.05, 4.69) is 20.9 Å². The summed E-state index contributed by atoms with van der Waals surface area (Å²) in [5.74, 6) is -0.299. The zero-order valence-electron chi connectivity index (χ0n) is 10.0. The van der Waals surface area contributed by atoms with Crippen LogP contribution in [0, 0.1) is 0 Å². The molecule has 0 unspecified atom stereocenters. The summed E-state index contributed by atoms with van der Waals surface area (Å²) in [7, 11) is 0. The minimum atomic E-state index is -0.246. The molecule has 1 fully saturated rings. The Labute approximate surface area is 104 Å². The predicted molar refractivity (Wildman–Crippen MR) is 62.5 cm³/mol. The SMILES string of the molecule is O=C(Cn1ccnn1)NCC(=O)N1CCNCC1. The predicted octanol–water partition coefficient (Wildman–Crippen LogP) is -2.17. The minimum absolute atomic E-state index is 0.0352. The monoisotopic (exact) mass is 252 g/mol. The van der Waals surface area contributed by atoms with Crippen molar-refractivity contribution in [1.82, 2.24) is 30.5 Å². The lowest BCUT2D eigenvalue weighted by molar-refractivity contribution is -0.133. The number of aromatic nitrogens is 3. The lowest BCUT2D eigenvalue weighted by Crippen LogP contribution is -2.49. The quantitative estimate of drug-likeness (QED) is 0.636. The normalized spacial score (nSPS) is 15.4. The first-order valence-electron chi connectivity index (χ1n) is 5.85. The van der Waals surface area contributed by atoms with Gasteiger partial charge in [0.15, 0.2) is 0 Å². The van der Waals surface area contributed by atoms with Crippen LogP contribution in [0.4, 0.5) is 0 Å². The largest absolute Gasteiger partial charge is 0.345 e. The number of carbonyl (C=O) groups is 2. The van der Waals surface area contributed by atoms with Crippen LogP contribution in [0.25, 0.3) is 0 Å². The van der Waals surface area contributed by atoms with E-state index in [-0.39, 0.29) is 24.9 Å². The summed E-state index contributed by atoms with van der Waals surface area (Å²) >= 11 is 0. The molecule has 1 aliphatic rings. The lowest BCUT2D eigenvalue weighted by Gasteiger charge is -2.27. The van der Waals surface area contributed by atoms with Crippen molar-refractivity contribution in [2.45, 2.75) is 6.54 Å². The van der Waals surface area contributed by atoms with Crippen LogP contribution in [0.15, 0.2) is 12.4 Å². The Kier molecular flexibility index (Phi) is 4.24. The molecular formula is C10H16N6O2. The van der Waals surface area contributed by atoms with Crippen LogP contribution in [0.2, 0.25) is 0 Å². The number of carbonyl (C=O) groups excluding carboxylic acids is 2. The van der Waals surface area contributed by atoms with Crippen molar-refractivity contribution in [1.29, 1.82) is 0 Å². The molecule has 2 heterocycles. The van der Waals surface area contributed by atoms with Crippen molar-refractivity contribution in [3.05, 3.63) is 12.4 Å². The zero-order chi connectivity index (χ0) is 12.8. The summed E-state index contributed by atoms with van der Waals surface area (Å²) in [6.07, 6.45) is 3.09. The van der Waals surface area contributed by atoms with E-state index in [0.29, 0.717) is 13.1 Å².